The van der Waals surface area contributed by atoms with Crippen molar-refractivity contribution in [3.8, 4) is 10.7 Å². The van der Waals surface area contributed by atoms with Gasteiger partial charge in [0, 0.05) is 23.1 Å². The zero-order chi connectivity index (χ0) is 17.4. The van der Waals surface area contributed by atoms with Crippen molar-refractivity contribution >= 4 is 34.5 Å². The summed E-state index contributed by atoms with van der Waals surface area (Å²) in [7, 11) is 0. The van der Waals surface area contributed by atoms with E-state index in [0.717, 1.165) is 22.1 Å². The van der Waals surface area contributed by atoms with E-state index in [1.807, 2.05) is 30.5 Å². The number of nitrogens with one attached hydrogen (secondary N) is 1. The molecule has 126 valence electrons. The molecule has 0 spiro atoms. The van der Waals surface area contributed by atoms with Crippen molar-refractivity contribution in [2.24, 2.45) is 0 Å². The van der Waals surface area contributed by atoms with E-state index in [0.29, 0.717) is 17.1 Å². The minimum atomic E-state index is -0.322. The molecule has 1 aliphatic heterocycles. The number of carbonyl (C=O) groups is 1. The Morgan fingerprint density at radius 2 is 2.20 bits per heavy atom. The summed E-state index contributed by atoms with van der Waals surface area (Å²) < 4.78 is 0. The highest BCUT2D eigenvalue weighted by Crippen LogP contribution is 2.35. The van der Waals surface area contributed by atoms with Crippen LogP contribution in [0.25, 0.3) is 10.7 Å². The van der Waals surface area contributed by atoms with Crippen LogP contribution in [0.15, 0.2) is 48.0 Å². The molecule has 1 aromatic carbocycles. The lowest BCUT2D eigenvalue weighted by Gasteiger charge is -2.36. The smallest absolute Gasteiger partial charge is 0.257 e. The second kappa shape index (κ2) is 6.46. The summed E-state index contributed by atoms with van der Waals surface area (Å²) in [5.41, 5.74) is 2.99. The first-order valence-electron chi connectivity index (χ1n) is 7.91. The van der Waals surface area contributed by atoms with Gasteiger partial charge in [-0.3, -0.25) is 9.78 Å². The molecular formula is C18H15ClN4OS. The van der Waals surface area contributed by atoms with Crippen LogP contribution >= 0.6 is 22.9 Å². The number of thiazole rings is 1. The van der Waals surface area contributed by atoms with E-state index >= 15 is 0 Å². The van der Waals surface area contributed by atoms with Crippen molar-refractivity contribution < 1.29 is 4.79 Å². The summed E-state index contributed by atoms with van der Waals surface area (Å²) in [6.45, 7) is 2.54. The summed E-state index contributed by atoms with van der Waals surface area (Å²) in [6.07, 6.45) is 1.42. The summed E-state index contributed by atoms with van der Waals surface area (Å²) >= 11 is 7.60. The van der Waals surface area contributed by atoms with Crippen LogP contribution in [0.5, 0.6) is 0 Å². The topological polar surface area (TPSA) is 58.1 Å². The summed E-state index contributed by atoms with van der Waals surface area (Å²) in [6, 6.07) is 11.0. The van der Waals surface area contributed by atoms with Crippen molar-refractivity contribution in [1.82, 2.24) is 14.9 Å². The first-order chi connectivity index (χ1) is 12.2. The average molecular weight is 371 g/mol. The average Bonchev–Trinajstić information content (AvgIpc) is 3.12. The monoisotopic (exact) mass is 370 g/mol. The number of aromatic nitrogens is 2. The van der Waals surface area contributed by atoms with E-state index in [1.165, 1.54) is 11.3 Å². The quantitative estimate of drug-likeness (QED) is 0.740. The molecule has 25 heavy (non-hydrogen) atoms. The SMILES string of the molecule is CCN1C(=O)c2ccc(Cl)cc2NC1c1csc(-c2ccccn2)n1. The van der Waals surface area contributed by atoms with Gasteiger partial charge in [-0.15, -0.1) is 11.3 Å². The van der Waals surface area contributed by atoms with Crippen molar-refractivity contribution in [3.05, 3.63) is 64.3 Å². The second-order valence-corrected chi connectivity index (χ2v) is 6.91. The van der Waals surface area contributed by atoms with Crippen LogP contribution in [0.1, 0.15) is 29.1 Å². The predicted molar refractivity (Wildman–Crippen MR) is 99.9 cm³/mol. The van der Waals surface area contributed by atoms with Gasteiger partial charge >= 0.3 is 0 Å². The fraction of sp³-hybridized carbons (Fsp3) is 0.167. The largest absolute Gasteiger partial charge is 0.359 e. The lowest BCUT2D eigenvalue weighted by molar-refractivity contribution is 0.0692. The minimum Gasteiger partial charge on any atom is -0.359 e. The van der Waals surface area contributed by atoms with Gasteiger partial charge in [-0.2, -0.15) is 0 Å². The van der Waals surface area contributed by atoms with Gasteiger partial charge in [0.2, 0.25) is 0 Å². The van der Waals surface area contributed by atoms with E-state index in [2.05, 4.69) is 10.3 Å². The fourth-order valence-electron chi connectivity index (χ4n) is 2.90. The molecule has 3 aromatic rings. The van der Waals surface area contributed by atoms with Gasteiger partial charge in [-0.05, 0) is 37.3 Å². The van der Waals surface area contributed by atoms with Crippen LogP contribution in [0.4, 0.5) is 5.69 Å². The molecule has 1 amide bonds. The van der Waals surface area contributed by atoms with E-state index in [-0.39, 0.29) is 12.1 Å². The number of benzene rings is 1. The third-order valence-electron chi connectivity index (χ3n) is 4.10. The third-order valence-corrected chi connectivity index (χ3v) is 5.22. The lowest BCUT2D eigenvalue weighted by Crippen LogP contribution is -2.42. The van der Waals surface area contributed by atoms with Gasteiger partial charge < -0.3 is 10.2 Å². The van der Waals surface area contributed by atoms with Crippen molar-refractivity contribution in [1.29, 1.82) is 0 Å². The molecule has 2 aromatic heterocycles. The molecule has 0 saturated heterocycles. The van der Waals surface area contributed by atoms with Gasteiger partial charge in [0.15, 0.2) is 0 Å². The Labute approximate surface area is 154 Å². The summed E-state index contributed by atoms with van der Waals surface area (Å²) in [4.78, 5) is 23.6. The molecule has 1 N–H and O–H groups in total. The number of nitrogens with zero attached hydrogens (tertiary/aromatic N) is 3. The first-order valence-corrected chi connectivity index (χ1v) is 9.17. The molecule has 0 fully saturated rings. The van der Waals surface area contributed by atoms with Crippen molar-refractivity contribution in [3.63, 3.8) is 0 Å². The van der Waals surface area contributed by atoms with Crippen LogP contribution in [-0.2, 0) is 0 Å². The van der Waals surface area contributed by atoms with Crippen molar-refractivity contribution in [2.45, 2.75) is 13.1 Å². The van der Waals surface area contributed by atoms with Crippen LogP contribution < -0.4 is 5.32 Å². The Morgan fingerprint density at radius 1 is 1.32 bits per heavy atom. The Morgan fingerprint density at radius 3 is 2.96 bits per heavy atom. The van der Waals surface area contributed by atoms with Gasteiger partial charge in [0.25, 0.3) is 5.91 Å². The van der Waals surface area contributed by atoms with E-state index < -0.39 is 0 Å². The number of hydrogen-bond donors (Lipinski definition) is 1. The Hall–Kier alpha value is -2.44. The third kappa shape index (κ3) is 2.88. The highest BCUT2D eigenvalue weighted by atomic mass is 35.5. The zero-order valence-corrected chi connectivity index (χ0v) is 15.0. The number of rotatable bonds is 3. The Balaban J connectivity index is 1.72. The minimum absolute atomic E-state index is 0.0229. The molecule has 3 heterocycles. The molecule has 1 aliphatic rings. The lowest BCUT2D eigenvalue weighted by atomic mass is 10.1. The molecule has 1 unspecified atom stereocenters. The Kier molecular flexibility index (Phi) is 4.15. The first kappa shape index (κ1) is 16.1. The molecule has 0 aliphatic carbocycles. The van der Waals surface area contributed by atoms with E-state index in [1.54, 1.807) is 29.3 Å². The highest BCUT2D eigenvalue weighted by molar-refractivity contribution is 7.13. The zero-order valence-electron chi connectivity index (χ0n) is 13.4. The van der Waals surface area contributed by atoms with E-state index in [9.17, 15) is 4.79 Å². The fourth-order valence-corrected chi connectivity index (χ4v) is 3.88. The maximum Gasteiger partial charge on any atom is 0.257 e. The maximum absolute atomic E-state index is 12.8. The number of anilines is 1. The molecule has 5 nitrogen and oxygen atoms in total. The standard InChI is InChI=1S/C18H15ClN4OS/c1-2-23-16(21-14-9-11(19)6-7-12(14)18(23)24)15-10-25-17(22-15)13-5-3-4-8-20-13/h3-10,16,21H,2H2,1H3. The number of halogens is 1. The molecule has 0 saturated carbocycles. The van der Waals surface area contributed by atoms with Gasteiger partial charge in [0.1, 0.15) is 11.2 Å². The molecular weight excluding hydrogens is 356 g/mol. The second-order valence-electron chi connectivity index (χ2n) is 5.62. The number of amides is 1. The van der Waals surface area contributed by atoms with Crippen LogP contribution in [0.3, 0.4) is 0 Å². The number of carbonyl (C=O) groups excluding carboxylic acids is 1. The van der Waals surface area contributed by atoms with Gasteiger partial charge in [0.05, 0.1) is 22.6 Å². The molecule has 1 atom stereocenters. The Bertz CT molecular complexity index is 928. The van der Waals surface area contributed by atoms with Gasteiger partial charge in [-0.1, -0.05) is 17.7 Å². The normalized spacial score (nSPS) is 16.5. The molecule has 7 heteroatoms. The maximum atomic E-state index is 12.8. The number of fused-ring (bicyclic) bond motifs is 1. The number of pyridine rings is 1. The molecule has 0 radical (unpaired) electrons. The molecule has 0 bridgehead atoms. The van der Waals surface area contributed by atoms with Crippen LogP contribution in [0, 0.1) is 0 Å². The highest BCUT2D eigenvalue weighted by Gasteiger charge is 2.33. The molecule has 4 rings (SSSR count). The van der Waals surface area contributed by atoms with Crippen LogP contribution in [-0.4, -0.2) is 27.3 Å². The van der Waals surface area contributed by atoms with E-state index in [4.69, 9.17) is 16.6 Å². The van der Waals surface area contributed by atoms with Crippen LogP contribution in [0.2, 0.25) is 5.02 Å². The predicted octanol–water partition coefficient (Wildman–Crippen LogP) is 4.44. The van der Waals surface area contributed by atoms with Crippen molar-refractivity contribution in [2.75, 3.05) is 11.9 Å². The number of hydrogen-bond acceptors (Lipinski definition) is 5. The van der Waals surface area contributed by atoms with Gasteiger partial charge in [-0.25, -0.2) is 4.98 Å². The summed E-state index contributed by atoms with van der Waals surface area (Å²) in [5.74, 6) is -0.0229. The summed E-state index contributed by atoms with van der Waals surface area (Å²) in [5, 5.41) is 6.78.